The van der Waals surface area contributed by atoms with Crippen molar-refractivity contribution in [3.63, 3.8) is 0 Å². The molecule has 1 aliphatic rings. The lowest BCUT2D eigenvalue weighted by Crippen LogP contribution is -2.21. The topological polar surface area (TPSA) is 43.1 Å². The van der Waals surface area contributed by atoms with Gasteiger partial charge in [0.2, 0.25) is 0 Å². The standard InChI is InChI=1S/C21H29NO2/c1-13(23)18-12-17-19(24-18)15(20(2,3)4)11-16(22-17)14-7-9-21(5,6)10-8-14/h11-12,14H,7-10H2,1-6H3. The van der Waals surface area contributed by atoms with Crippen LogP contribution >= 0.6 is 0 Å². The first-order valence-electron chi connectivity index (χ1n) is 9.03. The number of furan rings is 1. The van der Waals surface area contributed by atoms with Gasteiger partial charge in [-0.3, -0.25) is 4.79 Å². The molecule has 24 heavy (non-hydrogen) atoms. The molecule has 1 saturated carbocycles. The molecule has 3 nitrogen and oxygen atoms in total. The molecule has 0 amide bonds. The first kappa shape index (κ1) is 17.2. The van der Waals surface area contributed by atoms with Crippen molar-refractivity contribution in [3.05, 3.63) is 29.2 Å². The number of nitrogens with zero attached hydrogens (tertiary/aromatic N) is 1. The molecule has 0 saturated heterocycles. The van der Waals surface area contributed by atoms with Crippen molar-refractivity contribution >= 4 is 16.9 Å². The van der Waals surface area contributed by atoms with Crippen LogP contribution in [0.15, 0.2) is 16.5 Å². The smallest absolute Gasteiger partial charge is 0.195 e. The number of carbonyl (C=O) groups is 1. The predicted octanol–water partition coefficient (Wildman–Crippen LogP) is 6.01. The first-order chi connectivity index (χ1) is 11.1. The minimum absolute atomic E-state index is 0.0458. The van der Waals surface area contributed by atoms with Gasteiger partial charge in [0.25, 0.3) is 0 Å². The van der Waals surface area contributed by atoms with Gasteiger partial charge in [-0.25, -0.2) is 4.98 Å². The van der Waals surface area contributed by atoms with E-state index in [2.05, 4.69) is 40.7 Å². The lowest BCUT2D eigenvalue weighted by atomic mass is 9.72. The van der Waals surface area contributed by atoms with E-state index in [1.807, 2.05) is 6.07 Å². The van der Waals surface area contributed by atoms with E-state index in [1.165, 1.54) is 31.4 Å². The second kappa shape index (κ2) is 5.72. The van der Waals surface area contributed by atoms with Crippen molar-refractivity contribution in [2.45, 2.75) is 78.6 Å². The van der Waals surface area contributed by atoms with Gasteiger partial charge in [-0.05, 0) is 42.6 Å². The Labute approximate surface area is 144 Å². The maximum atomic E-state index is 11.7. The molecule has 1 fully saturated rings. The fourth-order valence-electron chi connectivity index (χ4n) is 3.68. The van der Waals surface area contributed by atoms with Gasteiger partial charge in [0.15, 0.2) is 17.1 Å². The van der Waals surface area contributed by atoms with E-state index in [-0.39, 0.29) is 11.2 Å². The third-order valence-electron chi connectivity index (χ3n) is 5.41. The highest BCUT2D eigenvalue weighted by molar-refractivity contribution is 5.95. The molecule has 3 heteroatoms. The lowest BCUT2D eigenvalue weighted by molar-refractivity contribution is 0.0989. The Kier molecular flexibility index (Phi) is 4.09. The van der Waals surface area contributed by atoms with Crippen LogP contribution in [0.4, 0.5) is 0 Å². The molecule has 2 heterocycles. The summed E-state index contributed by atoms with van der Waals surface area (Å²) in [6.45, 7) is 12.8. The zero-order valence-electron chi connectivity index (χ0n) is 15.8. The lowest BCUT2D eigenvalue weighted by Gasteiger charge is -2.34. The van der Waals surface area contributed by atoms with Crippen molar-refractivity contribution in [1.29, 1.82) is 0 Å². The predicted molar refractivity (Wildman–Crippen MR) is 97.7 cm³/mol. The Morgan fingerprint density at radius 2 is 1.83 bits per heavy atom. The molecule has 0 atom stereocenters. The quantitative estimate of drug-likeness (QED) is 0.634. The molecule has 0 radical (unpaired) electrons. The second-order valence-electron chi connectivity index (χ2n) is 9.16. The Morgan fingerprint density at radius 1 is 1.21 bits per heavy atom. The average molecular weight is 327 g/mol. The minimum Gasteiger partial charge on any atom is -0.451 e. The van der Waals surface area contributed by atoms with E-state index in [0.29, 0.717) is 17.1 Å². The Morgan fingerprint density at radius 3 is 2.38 bits per heavy atom. The SMILES string of the molecule is CC(=O)c1cc2nc(C3CCC(C)(C)CC3)cc(C(C)(C)C)c2o1. The Balaban J connectivity index is 2.08. The van der Waals surface area contributed by atoms with Crippen LogP contribution in [0.2, 0.25) is 0 Å². The summed E-state index contributed by atoms with van der Waals surface area (Å²) in [5.41, 5.74) is 4.32. The molecule has 0 N–H and O–H groups in total. The van der Waals surface area contributed by atoms with E-state index >= 15 is 0 Å². The third-order valence-corrected chi connectivity index (χ3v) is 5.41. The van der Waals surface area contributed by atoms with Crippen LogP contribution < -0.4 is 0 Å². The molecule has 1 aliphatic carbocycles. The summed E-state index contributed by atoms with van der Waals surface area (Å²) in [4.78, 5) is 16.6. The van der Waals surface area contributed by atoms with E-state index in [0.717, 1.165) is 16.7 Å². The first-order valence-corrected chi connectivity index (χ1v) is 9.03. The number of ketones is 1. The summed E-state index contributed by atoms with van der Waals surface area (Å²) in [5, 5.41) is 0. The third kappa shape index (κ3) is 3.26. The van der Waals surface area contributed by atoms with E-state index in [1.54, 1.807) is 6.92 Å². The van der Waals surface area contributed by atoms with Crippen LogP contribution in [0.25, 0.3) is 11.1 Å². The molecule has 0 aliphatic heterocycles. The maximum absolute atomic E-state index is 11.7. The average Bonchev–Trinajstić information content (AvgIpc) is 2.89. The fraction of sp³-hybridized carbons (Fsp3) is 0.619. The normalized spacial score (nSPS) is 18.9. The van der Waals surface area contributed by atoms with Crippen molar-refractivity contribution < 1.29 is 9.21 Å². The van der Waals surface area contributed by atoms with Crippen LogP contribution in [-0.4, -0.2) is 10.8 Å². The van der Waals surface area contributed by atoms with Gasteiger partial charge in [-0.2, -0.15) is 0 Å². The summed E-state index contributed by atoms with van der Waals surface area (Å²) < 4.78 is 5.85. The number of aromatic nitrogens is 1. The highest BCUT2D eigenvalue weighted by atomic mass is 16.3. The number of rotatable bonds is 2. The summed E-state index contributed by atoms with van der Waals surface area (Å²) in [5.74, 6) is 0.873. The number of Topliss-reactive ketones (excluding diaryl/α,β-unsaturated/α-hetero) is 1. The van der Waals surface area contributed by atoms with Crippen molar-refractivity contribution in [2.75, 3.05) is 0 Å². The van der Waals surface area contributed by atoms with Gasteiger partial charge < -0.3 is 4.42 Å². The minimum atomic E-state index is -0.0474. The Bertz CT molecular complexity index is 767. The maximum Gasteiger partial charge on any atom is 0.195 e. The van der Waals surface area contributed by atoms with Crippen molar-refractivity contribution in [2.24, 2.45) is 5.41 Å². The number of pyridine rings is 1. The molecular weight excluding hydrogens is 298 g/mol. The van der Waals surface area contributed by atoms with E-state index in [9.17, 15) is 4.79 Å². The van der Waals surface area contributed by atoms with Gasteiger partial charge >= 0.3 is 0 Å². The number of hydrogen-bond donors (Lipinski definition) is 0. The highest BCUT2D eigenvalue weighted by Crippen LogP contribution is 2.43. The molecule has 0 unspecified atom stereocenters. The monoisotopic (exact) mass is 327 g/mol. The Hall–Kier alpha value is -1.64. The van der Waals surface area contributed by atoms with Crippen LogP contribution in [0.5, 0.6) is 0 Å². The van der Waals surface area contributed by atoms with Gasteiger partial charge in [-0.1, -0.05) is 34.6 Å². The number of carbonyl (C=O) groups excluding carboxylic acids is 1. The van der Waals surface area contributed by atoms with Gasteiger partial charge in [0.1, 0.15) is 5.52 Å². The number of fused-ring (bicyclic) bond motifs is 1. The highest BCUT2D eigenvalue weighted by Gasteiger charge is 2.30. The van der Waals surface area contributed by atoms with Crippen molar-refractivity contribution in [3.8, 4) is 0 Å². The molecule has 0 aromatic carbocycles. The second-order valence-corrected chi connectivity index (χ2v) is 9.16. The van der Waals surface area contributed by atoms with E-state index in [4.69, 9.17) is 9.40 Å². The van der Waals surface area contributed by atoms with Crippen LogP contribution in [0.3, 0.4) is 0 Å². The summed E-state index contributed by atoms with van der Waals surface area (Å²) in [7, 11) is 0. The fourth-order valence-corrected chi connectivity index (χ4v) is 3.68. The largest absolute Gasteiger partial charge is 0.451 e. The van der Waals surface area contributed by atoms with Crippen LogP contribution in [-0.2, 0) is 5.41 Å². The van der Waals surface area contributed by atoms with Crippen molar-refractivity contribution in [1.82, 2.24) is 4.98 Å². The zero-order chi connectivity index (χ0) is 17.7. The van der Waals surface area contributed by atoms with Gasteiger partial charge in [0.05, 0.1) is 0 Å². The molecule has 0 bridgehead atoms. The van der Waals surface area contributed by atoms with Crippen LogP contribution in [0.1, 0.15) is 95.0 Å². The number of hydrogen-bond acceptors (Lipinski definition) is 3. The molecule has 3 rings (SSSR count). The molecule has 130 valence electrons. The zero-order valence-corrected chi connectivity index (χ0v) is 15.8. The van der Waals surface area contributed by atoms with Gasteiger partial charge in [-0.15, -0.1) is 0 Å². The van der Waals surface area contributed by atoms with Gasteiger partial charge in [0, 0.05) is 30.2 Å². The van der Waals surface area contributed by atoms with E-state index < -0.39 is 0 Å². The summed E-state index contributed by atoms with van der Waals surface area (Å²) in [6.07, 6.45) is 4.86. The van der Waals surface area contributed by atoms with Crippen LogP contribution in [0, 0.1) is 5.41 Å². The molecule has 0 spiro atoms. The molecular formula is C21H29NO2. The molecule has 2 aromatic rings. The summed E-state index contributed by atoms with van der Waals surface area (Å²) >= 11 is 0. The molecule has 2 aromatic heterocycles. The summed E-state index contributed by atoms with van der Waals surface area (Å²) in [6, 6.07) is 4.03.